The molecule has 0 amide bonds. The minimum absolute atomic E-state index is 0.355. The number of aromatic nitrogens is 1. The molecule has 4 nitrogen and oxygen atoms in total. The van der Waals surface area contributed by atoms with E-state index in [-0.39, 0.29) is 0 Å². The Morgan fingerprint density at radius 1 is 1.11 bits per heavy atom. The topological polar surface area (TPSA) is 63.7 Å². The average molecular weight is 234 g/mol. The van der Waals surface area contributed by atoms with Gasteiger partial charge in [-0.15, -0.1) is 0 Å². The zero-order chi connectivity index (χ0) is 13.0. The fourth-order valence-corrected chi connectivity index (χ4v) is 1.69. The molecular weight excluding hydrogens is 224 g/mol. The molecule has 86 valence electrons. The van der Waals surface area contributed by atoms with Gasteiger partial charge in [-0.25, -0.2) is 4.98 Å². The maximum Gasteiger partial charge on any atom is 0.142 e. The summed E-state index contributed by atoms with van der Waals surface area (Å²) in [7, 11) is 1.85. The van der Waals surface area contributed by atoms with E-state index in [0.717, 1.165) is 11.4 Å². The predicted molar refractivity (Wildman–Crippen MR) is 68.2 cm³/mol. The number of anilines is 2. The van der Waals surface area contributed by atoms with Gasteiger partial charge in [0.2, 0.25) is 0 Å². The minimum Gasteiger partial charge on any atom is -0.343 e. The minimum atomic E-state index is 0.355. The molecule has 1 aromatic carbocycles. The van der Waals surface area contributed by atoms with Crippen molar-refractivity contribution in [3.05, 3.63) is 53.9 Å². The van der Waals surface area contributed by atoms with Gasteiger partial charge in [-0.2, -0.15) is 10.5 Å². The van der Waals surface area contributed by atoms with Crippen LogP contribution in [0.2, 0.25) is 0 Å². The summed E-state index contributed by atoms with van der Waals surface area (Å²) in [5.41, 5.74) is 2.57. The number of benzene rings is 1. The summed E-state index contributed by atoms with van der Waals surface area (Å²) in [6.07, 6.45) is 1.58. The van der Waals surface area contributed by atoms with Crippen LogP contribution in [0.15, 0.2) is 42.6 Å². The molecule has 0 atom stereocenters. The van der Waals surface area contributed by atoms with E-state index in [0.29, 0.717) is 11.3 Å². The van der Waals surface area contributed by atoms with Crippen LogP contribution in [0.3, 0.4) is 0 Å². The summed E-state index contributed by atoms with van der Waals surface area (Å²) < 4.78 is 0. The van der Waals surface area contributed by atoms with Crippen LogP contribution in [0.1, 0.15) is 11.3 Å². The van der Waals surface area contributed by atoms with Gasteiger partial charge in [0.25, 0.3) is 0 Å². The van der Waals surface area contributed by atoms with Crippen molar-refractivity contribution in [1.82, 2.24) is 4.98 Å². The molecule has 2 rings (SSSR count). The molecule has 0 unspecified atom stereocenters. The van der Waals surface area contributed by atoms with Crippen LogP contribution in [-0.2, 0) is 0 Å². The SMILES string of the molecule is CN(c1ccnc(C#N)c1)c1ccccc1C#N. The first-order valence-electron chi connectivity index (χ1n) is 5.35. The van der Waals surface area contributed by atoms with Crippen LogP contribution in [0.25, 0.3) is 0 Å². The standard InChI is InChI=1S/C14H10N4/c1-18(13-6-7-17-12(8-13)10-16)14-5-3-2-4-11(14)9-15/h2-8H,1H3. The van der Waals surface area contributed by atoms with Crippen molar-refractivity contribution in [2.75, 3.05) is 11.9 Å². The van der Waals surface area contributed by atoms with E-state index in [4.69, 9.17) is 10.5 Å². The molecule has 0 radical (unpaired) electrons. The number of hydrogen-bond donors (Lipinski definition) is 0. The molecule has 18 heavy (non-hydrogen) atoms. The Kier molecular flexibility index (Phi) is 3.22. The van der Waals surface area contributed by atoms with Gasteiger partial charge in [0.05, 0.1) is 11.3 Å². The molecule has 0 saturated carbocycles. The Labute approximate surface area is 105 Å². The molecule has 2 aromatic rings. The number of nitrogens with zero attached hydrogens (tertiary/aromatic N) is 4. The van der Waals surface area contributed by atoms with Crippen LogP contribution in [0.4, 0.5) is 11.4 Å². The second kappa shape index (κ2) is 4.99. The largest absolute Gasteiger partial charge is 0.343 e. The van der Waals surface area contributed by atoms with Crippen LogP contribution in [0.5, 0.6) is 0 Å². The molecule has 0 aliphatic carbocycles. The highest BCUT2D eigenvalue weighted by Crippen LogP contribution is 2.26. The van der Waals surface area contributed by atoms with Crippen LogP contribution < -0.4 is 4.90 Å². The Balaban J connectivity index is 2.45. The molecule has 0 aliphatic rings. The highest BCUT2D eigenvalue weighted by Gasteiger charge is 2.09. The number of pyridine rings is 1. The van der Waals surface area contributed by atoms with E-state index in [2.05, 4.69) is 11.1 Å². The van der Waals surface area contributed by atoms with Crippen LogP contribution in [0, 0.1) is 22.7 Å². The molecular formula is C14H10N4. The van der Waals surface area contributed by atoms with E-state index >= 15 is 0 Å². The summed E-state index contributed by atoms with van der Waals surface area (Å²) in [6.45, 7) is 0. The van der Waals surface area contributed by atoms with E-state index in [1.165, 1.54) is 0 Å². The molecule has 1 aromatic heterocycles. The molecule has 0 spiro atoms. The lowest BCUT2D eigenvalue weighted by molar-refractivity contribution is 1.17. The van der Waals surface area contributed by atoms with Gasteiger partial charge < -0.3 is 4.90 Å². The lowest BCUT2D eigenvalue weighted by atomic mass is 10.1. The van der Waals surface area contributed by atoms with Crippen molar-refractivity contribution >= 4 is 11.4 Å². The lowest BCUT2D eigenvalue weighted by Gasteiger charge is -2.20. The Hall–Kier alpha value is -2.85. The lowest BCUT2D eigenvalue weighted by Crippen LogP contribution is -2.11. The Morgan fingerprint density at radius 2 is 1.89 bits per heavy atom. The summed E-state index contributed by atoms with van der Waals surface area (Å²) in [6, 6.07) is 15.0. The fourth-order valence-electron chi connectivity index (χ4n) is 1.69. The van der Waals surface area contributed by atoms with Crippen molar-refractivity contribution in [2.24, 2.45) is 0 Å². The van der Waals surface area contributed by atoms with E-state index in [1.54, 1.807) is 24.4 Å². The molecule has 0 saturated heterocycles. The van der Waals surface area contributed by atoms with Crippen molar-refractivity contribution in [1.29, 1.82) is 10.5 Å². The van der Waals surface area contributed by atoms with Gasteiger partial charge in [-0.1, -0.05) is 12.1 Å². The fraction of sp³-hybridized carbons (Fsp3) is 0.0714. The summed E-state index contributed by atoms with van der Waals surface area (Å²) >= 11 is 0. The van der Waals surface area contributed by atoms with Crippen molar-refractivity contribution in [3.63, 3.8) is 0 Å². The van der Waals surface area contributed by atoms with Crippen LogP contribution in [-0.4, -0.2) is 12.0 Å². The highest BCUT2D eigenvalue weighted by atomic mass is 15.1. The van der Waals surface area contributed by atoms with Gasteiger partial charge in [0, 0.05) is 18.9 Å². The Morgan fingerprint density at radius 3 is 2.61 bits per heavy atom. The first-order valence-corrected chi connectivity index (χ1v) is 5.35. The van der Waals surface area contributed by atoms with Gasteiger partial charge >= 0.3 is 0 Å². The molecule has 0 bridgehead atoms. The van der Waals surface area contributed by atoms with Crippen molar-refractivity contribution < 1.29 is 0 Å². The normalized spacial score (nSPS) is 9.28. The maximum absolute atomic E-state index is 9.07. The zero-order valence-electron chi connectivity index (χ0n) is 9.83. The number of hydrogen-bond acceptors (Lipinski definition) is 4. The molecule has 4 heteroatoms. The monoisotopic (exact) mass is 234 g/mol. The quantitative estimate of drug-likeness (QED) is 0.801. The molecule has 0 fully saturated rings. The van der Waals surface area contributed by atoms with Gasteiger partial charge in [-0.05, 0) is 24.3 Å². The number of para-hydroxylation sites is 1. The second-order valence-electron chi connectivity index (χ2n) is 3.70. The first-order chi connectivity index (χ1) is 8.76. The predicted octanol–water partition coefficient (Wildman–Crippen LogP) is 2.59. The van der Waals surface area contributed by atoms with Crippen molar-refractivity contribution in [2.45, 2.75) is 0 Å². The zero-order valence-corrected chi connectivity index (χ0v) is 9.83. The van der Waals surface area contributed by atoms with Gasteiger partial charge in [0.15, 0.2) is 0 Å². The van der Waals surface area contributed by atoms with E-state index in [1.807, 2.05) is 36.2 Å². The smallest absolute Gasteiger partial charge is 0.142 e. The highest BCUT2D eigenvalue weighted by molar-refractivity contribution is 5.68. The van der Waals surface area contributed by atoms with Crippen LogP contribution >= 0.6 is 0 Å². The summed E-state index contributed by atoms with van der Waals surface area (Å²) in [5.74, 6) is 0. The first kappa shape index (κ1) is 11.6. The summed E-state index contributed by atoms with van der Waals surface area (Å²) in [5, 5.41) is 17.9. The Bertz CT molecular complexity index is 649. The van der Waals surface area contributed by atoms with Crippen molar-refractivity contribution in [3.8, 4) is 12.1 Å². The number of rotatable bonds is 2. The third kappa shape index (κ3) is 2.14. The van der Waals surface area contributed by atoms with Gasteiger partial charge in [0.1, 0.15) is 17.8 Å². The number of nitriles is 2. The molecule has 0 N–H and O–H groups in total. The second-order valence-corrected chi connectivity index (χ2v) is 3.70. The third-order valence-corrected chi connectivity index (χ3v) is 2.63. The maximum atomic E-state index is 9.07. The average Bonchev–Trinajstić information content (AvgIpc) is 2.46. The molecule has 0 aliphatic heterocycles. The van der Waals surface area contributed by atoms with E-state index in [9.17, 15) is 0 Å². The third-order valence-electron chi connectivity index (χ3n) is 2.63. The van der Waals surface area contributed by atoms with Gasteiger partial charge in [-0.3, -0.25) is 0 Å². The molecule has 1 heterocycles. The summed E-state index contributed by atoms with van der Waals surface area (Å²) in [4.78, 5) is 5.79. The van der Waals surface area contributed by atoms with E-state index < -0.39 is 0 Å².